The van der Waals surface area contributed by atoms with E-state index >= 15 is 0 Å². The molecule has 10 nitrogen and oxygen atoms in total. The second-order valence-electron chi connectivity index (χ2n) is 8.08. The van der Waals surface area contributed by atoms with Gasteiger partial charge in [0.15, 0.2) is 0 Å². The number of carbonyl (C=O) groups is 3. The van der Waals surface area contributed by atoms with Crippen LogP contribution in [0, 0.1) is 0 Å². The highest BCUT2D eigenvalue weighted by Crippen LogP contribution is 2.12. The number of hydrogen-bond donors (Lipinski definition) is 5. The molecule has 0 fully saturated rings. The maximum absolute atomic E-state index is 13.0. The summed E-state index contributed by atoms with van der Waals surface area (Å²) in [6.45, 7) is -0.595. The van der Waals surface area contributed by atoms with Crippen LogP contribution in [0.2, 0.25) is 0 Å². The molecule has 0 heterocycles. The largest absolute Gasteiger partial charge is 0.508 e. The molecular weight excluding hydrogens is 478 g/mol. The van der Waals surface area contributed by atoms with Crippen molar-refractivity contribution < 1.29 is 34.1 Å². The fourth-order valence-corrected chi connectivity index (χ4v) is 3.29. The van der Waals surface area contributed by atoms with Crippen molar-refractivity contribution in [2.75, 3.05) is 6.61 Å². The topological polar surface area (TPSA) is 146 Å². The first-order valence-corrected chi connectivity index (χ1v) is 11.6. The number of nitrogens with one attached hydrogen (secondary N) is 3. The minimum Gasteiger partial charge on any atom is -0.508 e. The van der Waals surface area contributed by atoms with E-state index in [2.05, 4.69) is 16.0 Å². The Kier molecular flexibility index (Phi) is 10.3. The number of alkyl carbamates (subject to hydrolysis) is 2. The number of amides is 3. The van der Waals surface area contributed by atoms with Crippen molar-refractivity contribution in [3.05, 3.63) is 102 Å². The highest BCUT2D eigenvalue weighted by molar-refractivity contribution is 5.86. The number of rotatable bonds is 11. The van der Waals surface area contributed by atoms with Crippen LogP contribution >= 0.6 is 0 Å². The lowest BCUT2D eigenvalue weighted by atomic mass is 10.1. The number of carbonyl (C=O) groups excluding carboxylic acids is 3. The van der Waals surface area contributed by atoms with Crippen LogP contribution in [0.5, 0.6) is 5.75 Å². The van der Waals surface area contributed by atoms with E-state index in [0.717, 1.165) is 11.1 Å². The van der Waals surface area contributed by atoms with Gasteiger partial charge < -0.3 is 30.3 Å². The van der Waals surface area contributed by atoms with Gasteiger partial charge in [0.1, 0.15) is 31.2 Å². The summed E-state index contributed by atoms with van der Waals surface area (Å²) in [6, 6.07) is 23.1. The number of aliphatic hydroxyl groups is 1. The van der Waals surface area contributed by atoms with Crippen LogP contribution in [-0.4, -0.2) is 47.1 Å². The molecule has 0 aliphatic heterocycles. The Bertz CT molecular complexity index is 1140. The molecule has 0 bridgehead atoms. The molecule has 3 amide bonds. The van der Waals surface area contributed by atoms with E-state index in [-0.39, 0.29) is 25.4 Å². The van der Waals surface area contributed by atoms with Gasteiger partial charge in [-0.25, -0.2) is 9.59 Å². The van der Waals surface area contributed by atoms with Gasteiger partial charge in [0, 0.05) is 6.42 Å². The van der Waals surface area contributed by atoms with Crippen LogP contribution in [-0.2, 0) is 33.9 Å². The molecule has 3 aromatic rings. The molecule has 10 heteroatoms. The third-order valence-electron chi connectivity index (χ3n) is 5.20. The van der Waals surface area contributed by atoms with E-state index in [0.29, 0.717) is 5.56 Å². The minimum absolute atomic E-state index is 0.00823. The van der Waals surface area contributed by atoms with Crippen LogP contribution in [0.1, 0.15) is 16.7 Å². The molecule has 194 valence electrons. The van der Waals surface area contributed by atoms with Gasteiger partial charge in [-0.15, -0.1) is 0 Å². The molecular formula is C27H29N3O7. The predicted octanol–water partition coefficient (Wildman–Crippen LogP) is 2.59. The van der Waals surface area contributed by atoms with Crippen molar-refractivity contribution in [1.29, 1.82) is 0 Å². The fraction of sp³-hybridized carbons (Fsp3) is 0.222. The molecule has 0 aliphatic carbocycles. The van der Waals surface area contributed by atoms with Crippen molar-refractivity contribution in [3.8, 4) is 5.75 Å². The SMILES string of the molecule is O=C(NC(CO)NC(=O)[C@H](Cc1ccc(O)cc1)NC(=O)OCc1ccccc1)OCc1ccccc1. The quantitative estimate of drug-likeness (QED) is 0.251. The number of aromatic hydroxyl groups is 1. The van der Waals surface area contributed by atoms with Crippen molar-refractivity contribution in [2.24, 2.45) is 0 Å². The van der Waals surface area contributed by atoms with Crippen LogP contribution < -0.4 is 16.0 Å². The van der Waals surface area contributed by atoms with Gasteiger partial charge in [-0.05, 0) is 28.8 Å². The molecule has 0 aliphatic rings. The monoisotopic (exact) mass is 507 g/mol. The molecule has 0 saturated heterocycles. The van der Waals surface area contributed by atoms with E-state index < -0.39 is 36.9 Å². The van der Waals surface area contributed by atoms with Gasteiger partial charge >= 0.3 is 12.2 Å². The van der Waals surface area contributed by atoms with Crippen LogP contribution in [0.15, 0.2) is 84.9 Å². The summed E-state index contributed by atoms with van der Waals surface area (Å²) in [7, 11) is 0. The standard InChI is InChI=1S/C27H29N3O7/c31-16-24(30-27(35)37-18-21-9-5-2-6-10-21)29-25(33)23(15-19-11-13-22(32)14-12-19)28-26(34)36-17-20-7-3-1-4-8-20/h1-14,23-24,31-32H,15-18H2,(H,28,34)(H,29,33)(H,30,35)/t23-,24?/m0/s1. The Morgan fingerprint density at radius 3 is 1.70 bits per heavy atom. The zero-order chi connectivity index (χ0) is 26.5. The van der Waals surface area contributed by atoms with Gasteiger partial charge in [-0.2, -0.15) is 0 Å². The van der Waals surface area contributed by atoms with E-state index in [1.807, 2.05) is 24.3 Å². The second kappa shape index (κ2) is 14.1. The molecule has 3 aromatic carbocycles. The molecule has 2 atom stereocenters. The molecule has 0 spiro atoms. The minimum atomic E-state index is -1.17. The lowest BCUT2D eigenvalue weighted by Gasteiger charge is -2.23. The fourth-order valence-electron chi connectivity index (χ4n) is 3.29. The third-order valence-corrected chi connectivity index (χ3v) is 5.20. The average molecular weight is 508 g/mol. The maximum atomic E-state index is 13.0. The van der Waals surface area contributed by atoms with Crippen molar-refractivity contribution in [3.63, 3.8) is 0 Å². The van der Waals surface area contributed by atoms with E-state index in [1.54, 1.807) is 48.5 Å². The number of ether oxygens (including phenoxy) is 2. The molecule has 37 heavy (non-hydrogen) atoms. The lowest BCUT2D eigenvalue weighted by Crippen LogP contribution is -2.56. The molecule has 0 radical (unpaired) electrons. The summed E-state index contributed by atoms with van der Waals surface area (Å²) in [5.74, 6) is -0.620. The zero-order valence-corrected chi connectivity index (χ0v) is 20.0. The number of hydrogen-bond acceptors (Lipinski definition) is 7. The molecule has 0 aromatic heterocycles. The van der Waals surface area contributed by atoms with E-state index in [1.165, 1.54) is 12.1 Å². The summed E-state index contributed by atoms with van der Waals surface area (Å²) >= 11 is 0. The second-order valence-corrected chi connectivity index (χ2v) is 8.08. The summed E-state index contributed by atoms with van der Waals surface area (Å²) < 4.78 is 10.3. The first kappa shape index (κ1) is 27.0. The Labute approximate surface area is 214 Å². The van der Waals surface area contributed by atoms with E-state index in [4.69, 9.17) is 9.47 Å². The molecule has 0 saturated carbocycles. The first-order chi connectivity index (χ1) is 17.9. The zero-order valence-electron chi connectivity index (χ0n) is 20.0. The molecule has 3 rings (SSSR count). The molecule has 1 unspecified atom stereocenters. The van der Waals surface area contributed by atoms with Gasteiger partial charge in [0.25, 0.3) is 0 Å². The number of benzene rings is 3. The summed E-state index contributed by atoms with van der Waals surface area (Å²) in [4.78, 5) is 37.6. The maximum Gasteiger partial charge on any atom is 0.409 e. The highest BCUT2D eigenvalue weighted by atomic mass is 16.6. The van der Waals surface area contributed by atoms with Crippen molar-refractivity contribution in [1.82, 2.24) is 16.0 Å². The lowest BCUT2D eigenvalue weighted by molar-refractivity contribution is -0.124. The third kappa shape index (κ3) is 9.54. The summed E-state index contributed by atoms with van der Waals surface area (Å²) in [5.41, 5.74) is 2.20. The number of aliphatic hydroxyl groups excluding tert-OH is 1. The van der Waals surface area contributed by atoms with Gasteiger partial charge in [0.2, 0.25) is 5.91 Å². The molecule has 5 N–H and O–H groups in total. The predicted molar refractivity (Wildman–Crippen MR) is 134 cm³/mol. The van der Waals surface area contributed by atoms with Gasteiger partial charge in [0.05, 0.1) is 6.61 Å². The van der Waals surface area contributed by atoms with Crippen LogP contribution in [0.25, 0.3) is 0 Å². The van der Waals surface area contributed by atoms with Crippen molar-refractivity contribution in [2.45, 2.75) is 31.8 Å². The van der Waals surface area contributed by atoms with Crippen molar-refractivity contribution >= 4 is 18.1 Å². The number of phenols is 1. The van der Waals surface area contributed by atoms with Gasteiger partial charge in [-0.1, -0.05) is 72.8 Å². The van der Waals surface area contributed by atoms with Gasteiger partial charge in [-0.3, -0.25) is 10.1 Å². The van der Waals surface area contributed by atoms with E-state index in [9.17, 15) is 24.6 Å². The summed E-state index contributed by atoms with van der Waals surface area (Å²) in [6.07, 6.45) is -2.77. The summed E-state index contributed by atoms with van der Waals surface area (Å²) in [5, 5.41) is 26.6. The Hall–Kier alpha value is -4.57. The number of phenolic OH excluding ortho intramolecular Hbond substituents is 1. The smallest absolute Gasteiger partial charge is 0.409 e. The van der Waals surface area contributed by atoms with Crippen LogP contribution in [0.4, 0.5) is 9.59 Å². The highest BCUT2D eigenvalue weighted by Gasteiger charge is 2.25. The Balaban J connectivity index is 1.59. The average Bonchev–Trinajstić information content (AvgIpc) is 2.92. The first-order valence-electron chi connectivity index (χ1n) is 11.6. The Morgan fingerprint density at radius 1 is 0.676 bits per heavy atom. The normalized spacial score (nSPS) is 12.0. The van der Waals surface area contributed by atoms with Crippen LogP contribution in [0.3, 0.4) is 0 Å². The Morgan fingerprint density at radius 2 is 1.19 bits per heavy atom.